The van der Waals surface area contributed by atoms with Crippen molar-refractivity contribution in [2.24, 2.45) is 0 Å². The minimum atomic E-state index is -4.07. The predicted octanol–water partition coefficient (Wildman–Crippen LogP) is 3.75. The van der Waals surface area contributed by atoms with E-state index in [1.54, 1.807) is 5.38 Å². The molecule has 3 rings (SSSR count). The third kappa shape index (κ3) is 2.66. The van der Waals surface area contributed by atoms with Crippen LogP contribution in [0.25, 0.3) is 4.96 Å². The summed E-state index contributed by atoms with van der Waals surface area (Å²) in [5, 5.41) is 1.29. The monoisotopic (exact) mass is 409 g/mol. The van der Waals surface area contributed by atoms with Crippen molar-refractivity contribution >= 4 is 59.5 Å². The first kappa shape index (κ1) is 14.8. The van der Waals surface area contributed by atoms with Gasteiger partial charge in [-0.25, -0.2) is 9.37 Å². The van der Waals surface area contributed by atoms with Crippen molar-refractivity contribution in [2.75, 3.05) is 4.72 Å². The van der Waals surface area contributed by atoms with Crippen molar-refractivity contribution in [1.29, 1.82) is 0 Å². The van der Waals surface area contributed by atoms with Crippen molar-refractivity contribution in [2.45, 2.75) is 5.03 Å². The highest BCUT2D eigenvalue weighted by Gasteiger charge is 2.26. The first-order valence-electron chi connectivity index (χ1n) is 5.47. The van der Waals surface area contributed by atoms with Crippen molar-refractivity contribution in [3.63, 3.8) is 0 Å². The molecule has 1 aromatic carbocycles. The number of nitrogens with one attached hydrogen (secondary N) is 1. The highest BCUT2D eigenvalue weighted by Crippen LogP contribution is 2.28. The molecule has 0 aliphatic rings. The molecule has 2 heterocycles. The second kappa shape index (κ2) is 5.24. The summed E-state index contributed by atoms with van der Waals surface area (Å²) in [7, 11) is -4.07. The van der Waals surface area contributed by atoms with Crippen LogP contribution in [0, 0.1) is 5.82 Å². The molecule has 0 radical (unpaired) electrons. The second-order valence-corrected chi connectivity index (χ2v) is 7.74. The molecular formula is C11H6BrClFN3O2S2. The number of fused-ring (bicyclic) bond motifs is 1. The van der Waals surface area contributed by atoms with E-state index in [1.165, 1.54) is 34.1 Å². The maximum Gasteiger partial charge on any atom is 0.281 e. The molecule has 0 atom stereocenters. The van der Waals surface area contributed by atoms with Crippen molar-refractivity contribution in [3.05, 3.63) is 45.2 Å². The number of sulfonamides is 1. The van der Waals surface area contributed by atoms with Gasteiger partial charge in [0.05, 0.1) is 5.69 Å². The molecule has 0 spiro atoms. The van der Waals surface area contributed by atoms with E-state index < -0.39 is 15.8 Å². The topological polar surface area (TPSA) is 63.5 Å². The Morgan fingerprint density at radius 3 is 2.95 bits per heavy atom. The van der Waals surface area contributed by atoms with Crippen LogP contribution in [-0.4, -0.2) is 17.8 Å². The summed E-state index contributed by atoms with van der Waals surface area (Å²) < 4.78 is 42.6. The number of hydrogen-bond acceptors (Lipinski definition) is 4. The van der Waals surface area contributed by atoms with Crippen LogP contribution in [0.1, 0.15) is 0 Å². The number of rotatable bonds is 3. The number of benzene rings is 1. The van der Waals surface area contributed by atoms with Crippen LogP contribution in [-0.2, 0) is 10.0 Å². The third-order valence-electron chi connectivity index (χ3n) is 2.61. The van der Waals surface area contributed by atoms with E-state index >= 15 is 0 Å². The van der Waals surface area contributed by atoms with Gasteiger partial charge in [0, 0.05) is 16.0 Å². The van der Waals surface area contributed by atoms with Gasteiger partial charge in [-0.15, -0.1) is 11.3 Å². The van der Waals surface area contributed by atoms with Crippen LogP contribution >= 0.6 is 38.9 Å². The van der Waals surface area contributed by atoms with Crippen LogP contribution in [0.15, 0.2) is 39.3 Å². The Hall–Kier alpha value is -1.16. The molecule has 110 valence electrons. The largest absolute Gasteiger partial charge is 0.281 e. The fourth-order valence-corrected chi connectivity index (χ4v) is 4.62. The van der Waals surface area contributed by atoms with Crippen LogP contribution in [0.2, 0.25) is 5.15 Å². The van der Waals surface area contributed by atoms with Gasteiger partial charge >= 0.3 is 0 Å². The third-order valence-corrected chi connectivity index (χ3v) is 5.62. The number of nitrogens with zero attached hydrogens (tertiary/aromatic N) is 2. The number of thiazole rings is 1. The molecule has 21 heavy (non-hydrogen) atoms. The average Bonchev–Trinajstić information content (AvgIpc) is 2.92. The fourth-order valence-electron chi connectivity index (χ4n) is 1.75. The number of aromatic nitrogens is 2. The summed E-state index contributed by atoms with van der Waals surface area (Å²) in [5.41, 5.74) is -0.175. The number of hydrogen-bond donors (Lipinski definition) is 1. The van der Waals surface area contributed by atoms with E-state index in [0.29, 0.717) is 9.43 Å². The molecule has 1 N–H and O–H groups in total. The van der Waals surface area contributed by atoms with Crippen molar-refractivity contribution in [1.82, 2.24) is 9.38 Å². The lowest BCUT2D eigenvalue weighted by molar-refractivity contribution is 0.594. The molecule has 0 bridgehead atoms. The number of imidazole rings is 1. The zero-order chi connectivity index (χ0) is 15.2. The van der Waals surface area contributed by atoms with Gasteiger partial charge in [0.15, 0.2) is 15.1 Å². The van der Waals surface area contributed by atoms with Crippen LogP contribution in [0.5, 0.6) is 0 Å². The van der Waals surface area contributed by atoms with Gasteiger partial charge in [-0.2, -0.15) is 8.42 Å². The van der Waals surface area contributed by atoms with Gasteiger partial charge in [0.2, 0.25) is 0 Å². The predicted molar refractivity (Wildman–Crippen MR) is 83.0 cm³/mol. The van der Waals surface area contributed by atoms with Gasteiger partial charge < -0.3 is 0 Å². The Morgan fingerprint density at radius 2 is 2.19 bits per heavy atom. The molecule has 0 saturated carbocycles. The van der Waals surface area contributed by atoms with E-state index in [2.05, 4.69) is 25.6 Å². The maximum atomic E-state index is 13.7. The van der Waals surface area contributed by atoms with Gasteiger partial charge in [-0.3, -0.25) is 9.12 Å². The first-order chi connectivity index (χ1) is 9.88. The Kier molecular flexibility index (Phi) is 3.68. The van der Waals surface area contributed by atoms with Crippen molar-refractivity contribution in [3.8, 4) is 0 Å². The Labute approximate surface area is 136 Å². The lowest BCUT2D eigenvalue weighted by atomic mass is 10.3. The minimum Gasteiger partial charge on any atom is -0.278 e. The number of anilines is 1. The normalized spacial score (nSPS) is 12.0. The quantitative estimate of drug-likeness (QED) is 0.715. The maximum absolute atomic E-state index is 13.7. The van der Waals surface area contributed by atoms with Crippen LogP contribution < -0.4 is 4.72 Å². The summed E-state index contributed by atoms with van der Waals surface area (Å²) >= 11 is 10.3. The molecule has 2 aromatic heterocycles. The van der Waals surface area contributed by atoms with E-state index in [1.807, 2.05) is 0 Å². The first-order valence-corrected chi connectivity index (χ1v) is 9.01. The van der Waals surface area contributed by atoms with Gasteiger partial charge in [0.1, 0.15) is 5.82 Å². The van der Waals surface area contributed by atoms with Crippen LogP contribution in [0.4, 0.5) is 10.1 Å². The molecule has 0 unspecified atom stereocenters. The lowest BCUT2D eigenvalue weighted by Crippen LogP contribution is -2.16. The van der Waals surface area contributed by atoms with Gasteiger partial charge in [0.25, 0.3) is 10.0 Å². The molecule has 0 fully saturated rings. The minimum absolute atomic E-state index is 0.162. The molecule has 10 heteroatoms. The van der Waals surface area contributed by atoms with E-state index in [4.69, 9.17) is 11.6 Å². The molecule has 0 aliphatic heterocycles. The molecule has 3 aromatic rings. The summed E-state index contributed by atoms with van der Waals surface area (Å²) in [6.45, 7) is 0. The molecular weight excluding hydrogens is 405 g/mol. The molecule has 0 amide bonds. The summed E-state index contributed by atoms with van der Waals surface area (Å²) in [6, 6.07) is 3.95. The van der Waals surface area contributed by atoms with Crippen molar-refractivity contribution < 1.29 is 12.8 Å². The highest BCUT2D eigenvalue weighted by molar-refractivity contribution is 9.10. The zero-order valence-corrected chi connectivity index (χ0v) is 14.0. The summed E-state index contributed by atoms with van der Waals surface area (Å²) in [6.07, 6.45) is 1.53. The Morgan fingerprint density at radius 1 is 1.43 bits per heavy atom. The zero-order valence-electron chi connectivity index (χ0n) is 10.0. The Bertz CT molecular complexity index is 938. The molecule has 0 aliphatic carbocycles. The average molecular weight is 411 g/mol. The SMILES string of the molecule is O=S(=O)(Nc1cc(Br)ccc1F)c1c(Cl)nc2sccn12. The fraction of sp³-hybridized carbons (Fsp3) is 0. The van der Waals surface area contributed by atoms with E-state index in [-0.39, 0.29) is 15.9 Å². The lowest BCUT2D eigenvalue weighted by Gasteiger charge is -2.08. The van der Waals surface area contributed by atoms with E-state index in [9.17, 15) is 12.8 Å². The van der Waals surface area contributed by atoms with Crippen LogP contribution in [0.3, 0.4) is 0 Å². The van der Waals surface area contributed by atoms with Gasteiger partial charge in [-0.05, 0) is 18.2 Å². The Balaban J connectivity index is 2.10. The summed E-state index contributed by atoms with van der Waals surface area (Å²) in [5.74, 6) is -0.691. The highest BCUT2D eigenvalue weighted by atomic mass is 79.9. The van der Waals surface area contributed by atoms with Gasteiger partial charge in [-0.1, -0.05) is 27.5 Å². The standard InChI is InChI=1S/C11H6BrClFN3O2S2/c12-6-1-2-7(14)8(5-6)16-21(18,19)10-9(13)15-11-17(10)3-4-20-11/h1-5,16H. The van der Waals surface area contributed by atoms with E-state index in [0.717, 1.165) is 6.07 Å². The smallest absolute Gasteiger partial charge is 0.278 e. The molecule has 5 nitrogen and oxygen atoms in total. The second-order valence-electron chi connectivity index (χ2n) is 3.99. The number of halogens is 3. The summed E-state index contributed by atoms with van der Waals surface area (Å²) in [4.78, 5) is 4.39. The molecule has 0 saturated heterocycles.